The molecule has 0 bridgehead atoms. The Morgan fingerprint density at radius 3 is 2.48 bits per heavy atom. The van der Waals surface area contributed by atoms with E-state index < -0.39 is 6.10 Å². The lowest BCUT2D eigenvalue weighted by Crippen LogP contribution is -2.49. The molecule has 7 nitrogen and oxygen atoms in total. The number of aromatic nitrogens is 2. The molecular weight excluding hydrogens is 375 g/mol. The van der Waals surface area contributed by atoms with Crippen LogP contribution in [-0.4, -0.2) is 52.2 Å². The molecule has 1 fully saturated rings. The number of piperazine rings is 1. The number of amides is 1. The highest BCUT2D eigenvalue weighted by atomic mass is 19.1. The molecule has 3 aromatic rings. The van der Waals surface area contributed by atoms with Crippen molar-refractivity contribution in [1.29, 1.82) is 0 Å². The van der Waals surface area contributed by atoms with Gasteiger partial charge in [-0.1, -0.05) is 11.2 Å². The number of anilines is 1. The number of pyridine rings is 1. The van der Waals surface area contributed by atoms with Gasteiger partial charge in [0.2, 0.25) is 0 Å². The van der Waals surface area contributed by atoms with Gasteiger partial charge < -0.3 is 19.4 Å². The summed E-state index contributed by atoms with van der Waals surface area (Å²) in [7, 11) is 0. The summed E-state index contributed by atoms with van der Waals surface area (Å²) < 4.78 is 18.6. The van der Waals surface area contributed by atoms with Crippen molar-refractivity contribution in [2.24, 2.45) is 0 Å². The average molecular weight is 396 g/mol. The molecule has 1 atom stereocenters. The zero-order valence-electron chi connectivity index (χ0n) is 16.0. The zero-order chi connectivity index (χ0) is 20.4. The van der Waals surface area contributed by atoms with Crippen molar-refractivity contribution >= 4 is 11.7 Å². The van der Waals surface area contributed by atoms with E-state index in [4.69, 9.17) is 4.52 Å². The van der Waals surface area contributed by atoms with Crippen LogP contribution in [0.1, 0.15) is 29.1 Å². The van der Waals surface area contributed by atoms with Gasteiger partial charge in [-0.15, -0.1) is 0 Å². The van der Waals surface area contributed by atoms with Gasteiger partial charge in [-0.25, -0.2) is 9.37 Å². The van der Waals surface area contributed by atoms with Crippen molar-refractivity contribution in [2.45, 2.75) is 13.0 Å². The zero-order valence-corrected chi connectivity index (χ0v) is 16.0. The molecule has 2 aromatic heterocycles. The Morgan fingerprint density at radius 2 is 1.86 bits per heavy atom. The number of carbonyl (C=O) groups excluding carboxylic acids is 1. The number of nitrogens with zero attached hydrogens (tertiary/aromatic N) is 4. The molecule has 150 valence electrons. The lowest BCUT2D eigenvalue weighted by atomic mass is 10.0. The van der Waals surface area contributed by atoms with E-state index in [9.17, 15) is 14.3 Å². The predicted molar refractivity (Wildman–Crippen MR) is 105 cm³/mol. The lowest BCUT2D eigenvalue weighted by Gasteiger charge is -2.35. The van der Waals surface area contributed by atoms with Crippen molar-refractivity contribution < 1.29 is 18.8 Å². The van der Waals surface area contributed by atoms with Gasteiger partial charge in [0.1, 0.15) is 29.0 Å². The van der Waals surface area contributed by atoms with Gasteiger partial charge in [-0.3, -0.25) is 4.79 Å². The van der Waals surface area contributed by atoms with Crippen molar-refractivity contribution in [2.75, 3.05) is 31.1 Å². The Balaban J connectivity index is 1.58. The first-order valence-electron chi connectivity index (χ1n) is 9.43. The summed E-state index contributed by atoms with van der Waals surface area (Å²) in [6.07, 6.45) is 0.749. The number of rotatable bonds is 4. The molecule has 0 aliphatic carbocycles. The second kappa shape index (κ2) is 8.00. The molecule has 1 saturated heterocycles. The van der Waals surface area contributed by atoms with Gasteiger partial charge in [-0.05, 0) is 43.3 Å². The summed E-state index contributed by atoms with van der Waals surface area (Å²) in [5.74, 6) is 0.344. The maximum absolute atomic E-state index is 13.3. The van der Waals surface area contributed by atoms with Crippen LogP contribution in [0.2, 0.25) is 0 Å². The molecule has 1 aliphatic heterocycles. The van der Waals surface area contributed by atoms with E-state index in [1.807, 2.05) is 18.2 Å². The third-order valence-electron chi connectivity index (χ3n) is 4.97. The normalized spacial score (nSPS) is 15.4. The first-order valence-corrected chi connectivity index (χ1v) is 9.43. The number of carbonyl (C=O) groups is 1. The fourth-order valence-corrected chi connectivity index (χ4v) is 3.44. The van der Waals surface area contributed by atoms with Crippen molar-refractivity contribution in [3.8, 4) is 11.3 Å². The van der Waals surface area contributed by atoms with Crippen LogP contribution >= 0.6 is 0 Å². The van der Waals surface area contributed by atoms with E-state index in [2.05, 4.69) is 15.0 Å². The number of benzene rings is 1. The minimum atomic E-state index is -0.995. The van der Waals surface area contributed by atoms with Crippen molar-refractivity contribution in [3.63, 3.8) is 0 Å². The Hall–Kier alpha value is -3.26. The van der Waals surface area contributed by atoms with Crippen LogP contribution in [0.15, 0.2) is 53.2 Å². The molecule has 0 saturated carbocycles. The average Bonchev–Trinajstić information content (AvgIpc) is 3.20. The van der Waals surface area contributed by atoms with Gasteiger partial charge in [-0.2, -0.15) is 0 Å². The van der Waals surface area contributed by atoms with E-state index in [0.717, 1.165) is 5.82 Å². The number of hydrogen-bond donors (Lipinski definition) is 1. The van der Waals surface area contributed by atoms with E-state index in [0.29, 0.717) is 37.4 Å². The molecule has 1 aromatic carbocycles. The molecule has 0 radical (unpaired) electrons. The molecule has 1 unspecified atom stereocenters. The number of halogens is 1. The summed E-state index contributed by atoms with van der Waals surface area (Å²) in [5, 5.41) is 14.1. The summed E-state index contributed by atoms with van der Waals surface area (Å²) in [4.78, 5) is 21.5. The van der Waals surface area contributed by atoms with Crippen LogP contribution in [0.25, 0.3) is 11.3 Å². The van der Waals surface area contributed by atoms with Crippen LogP contribution in [0.4, 0.5) is 10.2 Å². The topological polar surface area (TPSA) is 82.7 Å². The van der Waals surface area contributed by atoms with Crippen molar-refractivity contribution in [1.82, 2.24) is 15.0 Å². The Bertz CT molecular complexity index is 981. The fourth-order valence-electron chi connectivity index (χ4n) is 3.44. The second-order valence-corrected chi connectivity index (χ2v) is 6.92. The minimum Gasteiger partial charge on any atom is -0.385 e. The number of aliphatic hydroxyl groups is 1. The van der Waals surface area contributed by atoms with Gasteiger partial charge in [0, 0.05) is 37.9 Å². The van der Waals surface area contributed by atoms with E-state index >= 15 is 0 Å². The van der Waals surface area contributed by atoms with Crippen LogP contribution in [0, 0.1) is 5.82 Å². The molecule has 1 amide bonds. The molecule has 1 aliphatic rings. The van der Waals surface area contributed by atoms with Gasteiger partial charge >= 0.3 is 0 Å². The molecular formula is C21H21FN4O3. The maximum atomic E-state index is 13.3. The van der Waals surface area contributed by atoms with E-state index in [1.165, 1.54) is 31.2 Å². The first-order chi connectivity index (χ1) is 14.0. The van der Waals surface area contributed by atoms with Crippen LogP contribution in [0.5, 0.6) is 0 Å². The number of aliphatic hydroxyl groups excluding tert-OH is 1. The van der Waals surface area contributed by atoms with E-state index in [-0.39, 0.29) is 23.0 Å². The summed E-state index contributed by atoms with van der Waals surface area (Å²) in [5.41, 5.74) is 1.08. The molecule has 1 N–H and O–H groups in total. The lowest BCUT2D eigenvalue weighted by molar-refractivity contribution is 0.0735. The summed E-state index contributed by atoms with van der Waals surface area (Å²) in [6, 6.07) is 11.4. The quantitative estimate of drug-likeness (QED) is 0.730. The first kappa shape index (κ1) is 19.1. The molecule has 8 heteroatoms. The SMILES string of the molecule is CC(O)c1onc(-c2ccc(F)cc2)c1C(=O)N1CCN(c2ccccn2)CC1. The monoisotopic (exact) mass is 396 g/mol. The molecule has 3 heterocycles. The standard InChI is InChI=1S/C21H21FN4O3/c1-14(27)20-18(19(24-29-20)15-5-7-16(22)8-6-15)21(28)26-12-10-25(11-13-26)17-4-2-3-9-23-17/h2-9,14,27H,10-13H2,1H3. The summed E-state index contributed by atoms with van der Waals surface area (Å²) in [6.45, 7) is 3.81. The van der Waals surface area contributed by atoms with Crippen LogP contribution in [0.3, 0.4) is 0 Å². The fraction of sp³-hybridized carbons (Fsp3) is 0.286. The maximum Gasteiger partial charge on any atom is 0.259 e. The Kier molecular flexibility index (Phi) is 5.26. The highest BCUT2D eigenvalue weighted by molar-refractivity contribution is 6.01. The van der Waals surface area contributed by atoms with Crippen molar-refractivity contribution in [3.05, 3.63) is 65.8 Å². The highest BCUT2D eigenvalue weighted by Gasteiger charge is 2.31. The smallest absolute Gasteiger partial charge is 0.259 e. The Labute approximate surface area is 167 Å². The van der Waals surface area contributed by atoms with Crippen LogP contribution in [-0.2, 0) is 0 Å². The van der Waals surface area contributed by atoms with Gasteiger partial charge in [0.25, 0.3) is 5.91 Å². The molecule has 4 rings (SSSR count). The van der Waals surface area contributed by atoms with Gasteiger partial charge in [0.15, 0.2) is 5.76 Å². The highest BCUT2D eigenvalue weighted by Crippen LogP contribution is 2.31. The third kappa shape index (κ3) is 3.84. The largest absolute Gasteiger partial charge is 0.385 e. The minimum absolute atomic E-state index is 0.112. The third-order valence-corrected chi connectivity index (χ3v) is 4.97. The predicted octanol–water partition coefficient (Wildman–Crippen LogP) is 2.89. The summed E-state index contributed by atoms with van der Waals surface area (Å²) >= 11 is 0. The van der Waals surface area contributed by atoms with Gasteiger partial charge in [0.05, 0.1) is 0 Å². The molecule has 29 heavy (non-hydrogen) atoms. The van der Waals surface area contributed by atoms with E-state index in [1.54, 1.807) is 11.1 Å². The second-order valence-electron chi connectivity index (χ2n) is 6.92. The number of hydrogen-bond acceptors (Lipinski definition) is 6. The Morgan fingerprint density at radius 1 is 1.14 bits per heavy atom. The molecule has 0 spiro atoms. The van der Waals surface area contributed by atoms with Crippen LogP contribution < -0.4 is 4.90 Å².